The second-order valence-corrected chi connectivity index (χ2v) is 2.74. The molecule has 0 spiro atoms. The van der Waals surface area contributed by atoms with Gasteiger partial charge in [-0.1, -0.05) is 13.8 Å². The van der Waals surface area contributed by atoms with Crippen molar-refractivity contribution in [2.24, 2.45) is 0 Å². The topological polar surface area (TPSA) is 0 Å². The lowest BCUT2D eigenvalue weighted by atomic mass is 10.1. The van der Waals surface area contributed by atoms with Gasteiger partial charge in [0, 0.05) is 5.56 Å². The van der Waals surface area contributed by atoms with Crippen LogP contribution in [0.4, 0.5) is 8.78 Å². The first-order valence-corrected chi connectivity index (χ1v) is 4.46. The summed E-state index contributed by atoms with van der Waals surface area (Å²) in [5.74, 6) is -0.895. The molecular weight excluding hydrogens is 170 g/mol. The van der Waals surface area contributed by atoms with Crippen LogP contribution in [0.15, 0.2) is 6.07 Å². The molecular formula is C11H16F2. The summed E-state index contributed by atoms with van der Waals surface area (Å²) in [5, 5.41) is 0. The molecule has 0 unspecified atom stereocenters. The molecule has 0 amide bonds. The highest BCUT2D eigenvalue weighted by atomic mass is 19.1. The van der Waals surface area contributed by atoms with Crippen molar-refractivity contribution < 1.29 is 8.78 Å². The first kappa shape index (κ1) is 12.1. The molecule has 0 aliphatic rings. The van der Waals surface area contributed by atoms with Gasteiger partial charge in [0.25, 0.3) is 0 Å². The van der Waals surface area contributed by atoms with E-state index in [1.807, 2.05) is 13.8 Å². The molecule has 1 aromatic rings. The predicted octanol–water partition coefficient (Wildman–Crippen LogP) is 3.92. The highest BCUT2D eigenvalue weighted by Gasteiger charge is 2.08. The maximum absolute atomic E-state index is 13.0. The third-order valence-corrected chi connectivity index (χ3v) is 1.95. The van der Waals surface area contributed by atoms with Crippen LogP contribution in [0.1, 0.15) is 30.5 Å². The molecule has 0 saturated carbocycles. The van der Waals surface area contributed by atoms with Crippen LogP contribution in [0.5, 0.6) is 0 Å². The molecule has 0 N–H and O–H groups in total. The number of rotatable bonds is 0. The second kappa shape index (κ2) is 4.95. The van der Waals surface area contributed by atoms with E-state index in [0.717, 1.165) is 0 Å². The van der Waals surface area contributed by atoms with E-state index in [1.165, 1.54) is 13.0 Å². The van der Waals surface area contributed by atoms with Crippen LogP contribution in [0.25, 0.3) is 0 Å². The van der Waals surface area contributed by atoms with Crippen molar-refractivity contribution in [3.63, 3.8) is 0 Å². The lowest BCUT2D eigenvalue weighted by Crippen LogP contribution is -1.95. The number of halogens is 2. The van der Waals surface area contributed by atoms with E-state index >= 15 is 0 Å². The molecule has 0 heterocycles. The zero-order chi connectivity index (χ0) is 10.6. The molecule has 0 atom stereocenters. The molecule has 0 nitrogen and oxygen atoms in total. The largest absolute Gasteiger partial charge is 0.207 e. The first-order valence-electron chi connectivity index (χ1n) is 4.46. The molecule has 74 valence electrons. The Morgan fingerprint density at radius 1 is 0.923 bits per heavy atom. The van der Waals surface area contributed by atoms with Crippen LogP contribution in [-0.4, -0.2) is 0 Å². The Bertz CT molecular complexity index is 264. The SMILES string of the molecule is CC.Cc1cc(F)c(C)c(F)c1C. The van der Waals surface area contributed by atoms with Crippen LogP contribution in [0.2, 0.25) is 0 Å². The van der Waals surface area contributed by atoms with Crippen molar-refractivity contribution in [2.75, 3.05) is 0 Å². The normalized spacial score (nSPS) is 9.15. The lowest BCUT2D eigenvalue weighted by molar-refractivity contribution is 0.560. The van der Waals surface area contributed by atoms with E-state index in [2.05, 4.69) is 0 Å². The molecule has 0 fully saturated rings. The summed E-state index contributed by atoms with van der Waals surface area (Å²) in [5.41, 5.74) is 1.29. The van der Waals surface area contributed by atoms with Crippen molar-refractivity contribution in [3.05, 3.63) is 34.4 Å². The standard InChI is InChI=1S/C9H10F2.C2H6/c1-5-4-8(10)7(3)9(11)6(5)2;1-2/h4H,1-3H3;1-2H3. The number of aryl methyl sites for hydroxylation is 1. The van der Waals surface area contributed by atoms with Gasteiger partial charge >= 0.3 is 0 Å². The van der Waals surface area contributed by atoms with Crippen LogP contribution < -0.4 is 0 Å². The van der Waals surface area contributed by atoms with Crippen LogP contribution in [0, 0.1) is 32.4 Å². The Balaban J connectivity index is 0.000000671. The summed E-state index contributed by atoms with van der Waals surface area (Å²) < 4.78 is 25.8. The minimum absolute atomic E-state index is 0.105. The summed E-state index contributed by atoms with van der Waals surface area (Å²) in [7, 11) is 0. The first-order chi connectivity index (χ1) is 6.04. The molecule has 0 bridgehead atoms. The average molecular weight is 186 g/mol. The Hall–Kier alpha value is -0.920. The molecule has 2 heteroatoms. The van der Waals surface area contributed by atoms with Gasteiger partial charge in [-0.25, -0.2) is 8.78 Å². The molecule has 0 aliphatic carbocycles. The fourth-order valence-corrected chi connectivity index (χ4v) is 0.966. The summed E-state index contributed by atoms with van der Waals surface area (Å²) in [6.07, 6.45) is 0. The van der Waals surface area contributed by atoms with Crippen LogP contribution in [0.3, 0.4) is 0 Å². The van der Waals surface area contributed by atoms with Crippen LogP contribution in [-0.2, 0) is 0 Å². The van der Waals surface area contributed by atoms with E-state index in [9.17, 15) is 8.78 Å². The Morgan fingerprint density at radius 3 is 1.85 bits per heavy atom. The van der Waals surface area contributed by atoms with Gasteiger partial charge in [0.2, 0.25) is 0 Å². The van der Waals surface area contributed by atoms with Gasteiger partial charge in [-0.3, -0.25) is 0 Å². The van der Waals surface area contributed by atoms with E-state index in [1.54, 1.807) is 13.8 Å². The summed E-state index contributed by atoms with van der Waals surface area (Å²) in [6.45, 7) is 8.79. The predicted molar refractivity (Wildman–Crippen MR) is 51.9 cm³/mol. The number of benzene rings is 1. The minimum Gasteiger partial charge on any atom is -0.207 e. The lowest BCUT2D eigenvalue weighted by Gasteiger charge is -2.04. The van der Waals surface area contributed by atoms with Crippen LogP contribution >= 0.6 is 0 Å². The maximum Gasteiger partial charge on any atom is 0.132 e. The summed E-state index contributed by atoms with van der Waals surface area (Å²) in [6, 6.07) is 1.35. The van der Waals surface area contributed by atoms with Gasteiger partial charge in [-0.2, -0.15) is 0 Å². The second-order valence-electron chi connectivity index (χ2n) is 2.74. The molecule has 1 rings (SSSR count). The molecule has 0 aliphatic heterocycles. The zero-order valence-corrected chi connectivity index (χ0v) is 8.83. The third-order valence-electron chi connectivity index (χ3n) is 1.95. The Morgan fingerprint density at radius 2 is 1.38 bits per heavy atom. The average Bonchev–Trinajstić information content (AvgIpc) is 2.15. The third kappa shape index (κ3) is 2.51. The molecule has 13 heavy (non-hydrogen) atoms. The van der Waals surface area contributed by atoms with E-state index < -0.39 is 11.6 Å². The van der Waals surface area contributed by atoms with Gasteiger partial charge < -0.3 is 0 Å². The van der Waals surface area contributed by atoms with Crippen molar-refractivity contribution >= 4 is 0 Å². The zero-order valence-electron chi connectivity index (χ0n) is 8.83. The minimum atomic E-state index is -0.467. The van der Waals surface area contributed by atoms with Gasteiger partial charge in [0.15, 0.2) is 0 Å². The van der Waals surface area contributed by atoms with Gasteiger partial charge in [0.1, 0.15) is 11.6 Å². The fraction of sp³-hybridized carbons (Fsp3) is 0.455. The van der Waals surface area contributed by atoms with Crippen molar-refractivity contribution in [1.29, 1.82) is 0 Å². The summed E-state index contributed by atoms with van der Waals surface area (Å²) >= 11 is 0. The highest BCUT2D eigenvalue weighted by Crippen LogP contribution is 2.18. The quantitative estimate of drug-likeness (QED) is 0.576. The van der Waals surface area contributed by atoms with Crippen molar-refractivity contribution in [2.45, 2.75) is 34.6 Å². The van der Waals surface area contributed by atoms with Gasteiger partial charge in [-0.15, -0.1) is 0 Å². The molecule has 0 aromatic heterocycles. The highest BCUT2D eigenvalue weighted by molar-refractivity contribution is 5.32. The van der Waals surface area contributed by atoms with E-state index in [4.69, 9.17) is 0 Å². The molecule has 1 aromatic carbocycles. The Labute approximate surface area is 78.6 Å². The molecule has 0 radical (unpaired) electrons. The van der Waals surface area contributed by atoms with Crippen molar-refractivity contribution in [3.8, 4) is 0 Å². The Kier molecular flexibility index (Phi) is 4.60. The fourth-order valence-electron chi connectivity index (χ4n) is 0.966. The van der Waals surface area contributed by atoms with Gasteiger partial charge in [-0.05, 0) is 38.0 Å². The number of hydrogen-bond donors (Lipinski definition) is 0. The van der Waals surface area contributed by atoms with E-state index in [-0.39, 0.29) is 5.56 Å². The van der Waals surface area contributed by atoms with Gasteiger partial charge in [0.05, 0.1) is 0 Å². The smallest absolute Gasteiger partial charge is 0.132 e. The number of hydrogen-bond acceptors (Lipinski definition) is 0. The maximum atomic E-state index is 13.0. The monoisotopic (exact) mass is 186 g/mol. The molecule has 0 saturated heterocycles. The summed E-state index contributed by atoms with van der Waals surface area (Å²) in [4.78, 5) is 0. The van der Waals surface area contributed by atoms with E-state index in [0.29, 0.717) is 11.1 Å². The van der Waals surface area contributed by atoms with Crippen molar-refractivity contribution in [1.82, 2.24) is 0 Å².